The van der Waals surface area contributed by atoms with Gasteiger partial charge in [0.2, 0.25) is 6.41 Å². The molecule has 3 rings (SSSR count). The highest BCUT2D eigenvalue weighted by atomic mass is 32.2. The standard InChI is InChI=1S/C32H44N6OS.C2H6.CH3NO/c1-9-11-12-30(25(5)40-8)35-24(4)29-19-23(3)13-14-32(39)36(7)31(20-27(29)10-2)38-17-15-37(16-18-38)28-21-33-26(6)34-22-28;1-2;2-1-3/h9,11-14,19-22,24,35H,5,10,15-18H2,1-4,6-8H3;1-2H3;1H,(H2,2,3)/b11-9-,14-13?,23-19?,29-27?,30-12+,31-20?;;/t24-;;/m1../s1. The number of amides is 1. The van der Waals surface area contributed by atoms with Crippen molar-refractivity contribution in [1.29, 1.82) is 0 Å². The highest BCUT2D eigenvalue weighted by Gasteiger charge is 2.20. The van der Waals surface area contributed by atoms with Gasteiger partial charge in [-0.3, -0.25) is 14.2 Å². The van der Waals surface area contributed by atoms with Crippen LogP contribution in [0.3, 0.4) is 0 Å². The smallest absolute Gasteiger partial charge is 0.251 e. The maximum Gasteiger partial charge on any atom is 0.251 e. The van der Waals surface area contributed by atoms with Gasteiger partial charge in [-0.1, -0.05) is 57.2 Å². The number of hydrogen-bond donors (Lipinski definition) is 2. The van der Waals surface area contributed by atoms with Crippen molar-refractivity contribution >= 4 is 29.7 Å². The molecule has 1 aliphatic rings. The summed E-state index contributed by atoms with van der Waals surface area (Å²) in [4.78, 5) is 36.1. The van der Waals surface area contributed by atoms with Crippen molar-refractivity contribution < 1.29 is 4.79 Å². The molecule has 0 saturated carbocycles. The molecule has 10 heteroatoms. The topological polar surface area (TPSA) is 109 Å². The van der Waals surface area contributed by atoms with Crippen LogP contribution in [0.1, 0.15) is 63.2 Å². The number of nitrogens with zero attached hydrogens (tertiary/aromatic N) is 5. The molecule has 9 nitrogen and oxygen atoms in total. The van der Waals surface area contributed by atoms with E-state index in [4.69, 9.17) is 4.79 Å². The lowest BCUT2D eigenvalue weighted by molar-refractivity contribution is -0.106. The minimum atomic E-state index is -0.0358. The van der Waals surface area contributed by atoms with Crippen LogP contribution in [0.15, 0.2) is 76.9 Å². The van der Waals surface area contributed by atoms with E-state index < -0.39 is 0 Å². The number of hydrogen-bond acceptors (Lipinski definition) is 8. The quantitative estimate of drug-likeness (QED) is 0.258. The van der Waals surface area contributed by atoms with Crippen molar-refractivity contribution in [2.45, 2.75) is 60.9 Å². The van der Waals surface area contributed by atoms with E-state index in [0.717, 1.165) is 66.1 Å². The highest BCUT2D eigenvalue weighted by Crippen LogP contribution is 2.26. The molecule has 1 fully saturated rings. The Labute approximate surface area is 274 Å². The van der Waals surface area contributed by atoms with E-state index in [1.807, 2.05) is 78.5 Å². The molecule has 0 radical (unpaired) electrons. The predicted molar refractivity (Wildman–Crippen MR) is 193 cm³/mol. The van der Waals surface area contributed by atoms with Gasteiger partial charge in [0.15, 0.2) is 0 Å². The molecule has 1 amide bonds. The molecular weight excluding hydrogens is 582 g/mol. The van der Waals surface area contributed by atoms with Gasteiger partial charge in [-0.05, 0) is 63.6 Å². The molecule has 2 aromatic rings. The largest absolute Gasteiger partial charge is 0.378 e. The summed E-state index contributed by atoms with van der Waals surface area (Å²) in [5.41, 5.74) is 9.59. The number of aromatic nitrogens is 3. The molecule has 1 atom stereocenters. The third-order valence-corrected chi connectivity index (χ3v) is 7.89. The molecule has 1 saturated heterocycles. The molecule has 0 bridgehead atoms. The molecule has 2 aromatic heterocycles. The summed E-state index contributed by atoms with van der Waals surface area (Å²) in [5, 5.41) is 3.70. The van der Waals surface area contributed by atoms with Crippen LogP contribution < -0.4 is 26.4 Å². The molecular formula is C35H53N7O2S. The Morgan fingerprint density at radius 2 is 1.69 bits per heavy atom. The minimum Gasteiger partial charge on any atom is -0.378 e. The highest BCUT2D eigenvalue weighted by molar-refractivity contribution is 8.02. The number of piperazine rings is 1. The van der Waals surface area contributed by atoms with Gasteiger partial charge in [0.1, 0.15) is 11.6 Å². The van der Waals surface area contributed by atoms with E-state index >= 15 is 0 Å². The Hall–Kier alpha value is -4.05. The van der Waals surface area contributed by atoms with Crippen LogP contribution in [0.2, 0.25) is 0 Å². The summed E-state index contributed by atoms with van der Waals surface area (Å²) in [6.07, 6.45) is 13.0. The summed E-state index contributed by atoms with van der Waals surface area (Å²) in [7, 11) is 1.87. The van der Waals surface area contributed by atoms with Gasteiger partial charge in [0, 0.05) is 55.9 Å². The monoisotopic (exact) mass is 635 g/mol. The summed E-state index contributed by atoms with van der Waals surface area (Å²) in [5.74, 6) is 1.69. The Morgan fingerprint density at radius 3 is 2.22 bits per heavy atom. The zero-order valence-corrected chi connectivity index (χ0v) is 29.4. The number of nitrogens with two attached hydrogens (primary N) is 1. The lowest BCUT2D eigenvalue weighted by Crippen LogP contribution is -2.47. The van der Waals surface area contributed by atoms with Gasteiger partial charge in [-0.15, -0.1) is 11.8 Å². The number of carbonyl (C=O) groups excluding carboxylic acids is 1. The third-order valence-electron chi connectivity index (χ3n) is 7.18. The average Bonchev–Trinajstić information content (AvgIpc) is 3.06. The number of primary amides is 1. The first-order chi connectivity index (χ1) is 21.6. The van der Waals surface area contributed by atoms with Gasteiger partial charge in [-0.25, -0.2) is 9.97 Å². The number of aryl methyl sites for hydroxylation is 3. The normalized spacial score (nSPS) is 13.5. The summed E-state index contributed by atoms with van der Waals surface area (Å²) >= 11 is 1.64. The van der Waals surface area contributed by atoms with Crippen LogP contribution in [0, 0.1) is 13.8 Å². The molecule has 3 heterocycles. The number of thioether (sulfide) groups is 1. The van der Waals surface area contributed by atoms with Crippen LogP contribution in [0.4, 0.5) is 11.5 Å². The van der Waals surface area contributed by atoms with E-state index in [1.165, 1.54) is 11.1 Å². The lowest BCUT2D eigenvalue weighted by atomic mass is 9.99. The molecule has 246 valence electrons. The Kier molecular flexibility index (Phi) is 18.0. The van der Waals surface area contributed by atoms with Gasteiger partial charge in [-0.2, -0.15) is 0 Å². The first-order valence-electron chi connectivity index (χ1n) is 15.5. The Bertz CT molecular complexity index is 1410. The number of allylic oxidation sites excluding steroid dienone is 3. The van der Waals surface area contributed by atoms with Gasteiger partial charge in [0.25, 0.3) is 5.56 Å². The molecule has 45 heavy (non-hydrogen) atoms. The molecule has 0 aromatic carbocycles. The predicted octanol–water partition coefficient (Wildman–Crippen LogP) is 5.92. The Morgan fingerprint density at radius 1 is 1.11 bits per heavy atom. The first kappa shape index (κ1) is 39.0. The van der Waals surface area contributed by atoms with Crippen molar-refractivity contribution in [3.8, 4) is 0 Å². The van der Waals surface area contributed by atoms with Crippen LogP contribution in [-0.4, -0.2) is 53.4 Å². The van der Waals surface area contributed by atoms with Gasteiger partial charge in [0.05, 0.1) is 18.1 Å². The maximum absolute atomic E-state index is 13.2. The Balaban J connectivity index is 0.00000191. The average molecular weight is 636 g/mol. The van der Waals surface area contributed by atoms with E-state index in [2.05, 4.69) is 69.5 Å². The van der Waals surface area contributed by atoms with Crippen LogP contribution in [-0.2, 0) is 18.3 Å². The fraction of sp³-hybridized carbons (Fsp3) is 0.429. The summed E-state index contributed by atoms with van der Waals surface area (Å²) in [6, 6.07) is 8.00. The molecule has 3 N–H and O–H groups in total. The second kappa shape index (κ2) is 20.8. The van der Waals surface area contributed by atoms with Crippen molar-refractivity contribution in [3.63, 3.8) is 0 Å². The lowest BCUT2D eigenvalue weighted by Gasteiger charge is -2.37. The number of carbonyl (C=O) groups is 1. The minimum absolute atomic E-state index is 0.0232. The summed E-state index contributed by atoms with van der Waals surface area (Å²) < 4.78 is 1.78. The van der Waals surface area contributed by atoms with Crippen molar-refractivity contribution in [2.24, 2.45) is 12.8 Å². The van der Waals surface area contributed by atoms with E-state index in [9.17, 15) is 4.79 Å². The van der Waals surface area contributed by atoms with Gasteiger partial charge >= 0.3 is 0 Å². The first-order valence-corrected chi connectivity index (χ1v) is 16.7. The number of anilines is 2. The molecule has 0 unspecified atom stereocenters. The zero-order valence-electron chi connectivity index (χ0n) is 28.6. The van der Waals surface area contributed by atoms with E-state index in [-0.39, 0.29) is 18.0 Å². The molecule has 0 aliphatic carbocycles. The number of rotatable bonds is 9. The van der Waals surface area contributed by atoms with Gasteiger partial charge < -0.3 is 20.9 Å². The molecule has 0 spiro atoms. The fourth-order valence-corrected chi connectivity index (χ4v) is 5.09. The summed E-state index contributed by atoms with van der Waals surface area (Å²) in [6.45, 7) is 21.8. The number of nitrogens with one attached hydrogen (secondary N) is 1. The molecule has 1 aliphatic heterocycles. The van der Waals surface area contributed by atoms with E-state index in [1.54, 1.807) is 22.4 Å². The fourth-order valence-electron chi connectivity index (χ4n) is 4.74. The maximum atomic E-state index is 13.2. The second-order valence-corrected chi connectivity index (χ2v) is 11.1. The zero-order chi connectivity index (χ0) is 33.9. The van der Waals surface area contributed by atoms with Crippen molar-refractivity contribution in [3.05, 3.63) is 105 Å². The van der Waals surface area contributed by atoms with Crippen molar-refractivity contribution in [1.82, 2.24) is 19.9 Å². The van der Waals surface area contributed by atoms with E-state index in [0.29, 0.717) is 0 Å². The van der Waals surface area contributed by atoms with Crippen LogP contribution >= 0.6 is 11.8 Å². The van der Waals surface area contributed by atoms with Crippen LogP contribution in [0.5, 0.6) is 0 Å². The third kappa shape index (κ3) is 12.1. The SMILES string of the molecule is C=C(SC)/C(=C\C=C/C)N[C@H](C)c1cc(C)ccc(=O)n(C)c(N2CCN(c3cnc(C)nc3)CC2)cc1CC.CC.NC=O. The van der Waals surface area contributed by atoms with Crippen molar-refractivity contribution in [2.75, 3.05) is 42.2 Å². The van der Waals surface area contributed by atoms with Crippen LogP contribution in [0.25, 0.3) is 0 Å². The second-order valence-electron chi connectivity index (χ2n) is 10.2.